The van der Waals surface area contributed by atoms with Crippen molar-refractivity contribution in [1.82, 2.24) is 4.90 Å². The van der Waals surface area contributed by atoms with Crippen LogP contribution in [0.3, 0.4) is 0 Å². The lowest BCUT2D eigenvalue weighted by atomic mass is 9.70. The number of phenolic OH excluding ortho intramolecular Hbond substituents is 1. The minimum absolute atomic E-state index is 0.0159. The molecule has 3 aliphatic rings. The fourth-order valence-electron chi connectivity index (χ4n) is 5.34. The van der Waals surface area contributed by atoms with Crippen LogP contribution >= 0.6 is 0 Å². The highest BCUT2D eigenvalue weighted by atomic mass is 16.5. The summed E-state index contributed by atoms with van der Waals surface area (Å²) in [7, 11) is 1.58. The van der Waals surface area contributed by atoms with Gasteiger partial charge in [0.15, 0.2) is 11.5 Å². The number of fused-ring (bicyclic) bond motifs is 4. The Kier molecular flexibility index (Phi) is 4.82. The molecule has 2 saturated heterocycles. The number of carbonyl (C=O) groups excluding carboxylic acids is 1. The molecule has 3 heterocycles. The number of rotatable bonds is 2. The third-order valence-electron chi connectivity index (χ3n) is 6.87. The van der Waals surface area contributed by atoms with Gasteiger partial charge in [0.1, 0.15) is 11.4 Å². The van der Waals surface area contributed by atoms with Crippen molar-refractivity contribution >= 4 is 5.91 Å². The number of amides is 1. The number of aromatic hydroxyl groups is 1. The SMILES string of the molecule is COc1ccccc1C(=O)N1CCC2(CC1)Oc1c(O)cccc1[C@H]1OCCC[C@@H]12. The zero-order valence-corrected chi connectivity index (χ0v) is 17.2. The second kappa shape index (κ2) is 7.51. The lowest BCUT2D eigenvalue weighted by Crippen LogP contribution is -2.57. The molecule has 0 aromatic heterocycles. The standard InChI is InChI=1S/C24H27NO5/c1-28-20-10-3-2-6-16(20)23(27)25-13-11-24(12-14-25)18-8-5-15-29-21(18)17-7-4-9-19(26)22(17)30-24/h2-4,6-7,9-10,18,21,26H,5,8,11-15H2,1H3/t18-,21+/m0/s1. The van der Waals surface area contributed by atoms with Gasteiger partial charge in [0.2, 0.25) is 0 Å². The molecule has 1 N–H and O–H groups in total. The minimum Gasteiger partial charge on any atom is -0.504 e. The molecule has 6 nitrogen and oxygen atoms in total. The molecule has 0 aliphatic carbocycles. The highest BCUT2D eigenvalue weighted by molar-refractivity contribution is 5.97. The summed E-state index contributed by atoms with van der Waals surface area (Å²) in [5.41, 5.74) is 1.11. The Balaban J connectivity index is 1.40. The maximum atomic E-state index is 13.1. The van der Waals surface area contributed by atoms with E-state index in [-0.39, 0.29) is 23.7 Å². The predicted molar refractivity (Wildman–Crippen MR) is 111 cm³/mol. The van der Waals surface area contributed by atoms with Crippen LogP contribution in [0.5, 0.6) is 17.2 Å². The van der Waals surface area contributed by atoms with E-state index in [1.165, 1.54) is 0 Å². The Labute approximate surface area is 176 Å². The Morgan fingerprint density at radius 1 is 1.17 bits per heavy atom. The molecular weight excluding hydrogens is 382 g/mol. The van der Waals surface area contributed by atoms with Crippen LogP contribution < -0.4 is 9.47 Å². The zero-order chi connectivity index (χ0) is 20.7. The van der Waals surface area contributed by atoms with E-state index in [1.807, 2.05) is 41.3 Å². The van der Waals surface area contributed by atoms with Gasteiger partial charge in [0.25, 0.3) is 5.91 Å². The molecule has 0 unspecified atom stereocenters. The van der Waals surface area contributed by atoms with Gasteiger partial charge >= 0.3 is 0 Å². The molecule has 1 spiro atoms. The summed E-state index contributed by atoms with van der Waals surface area (Å²) < 4.78 is 18.1. The highest BCUT2D eigenvalue weighted by Crippen LogP contribution is 2.55. The number of nitrogens with zero attached hydrogens (tertiary/aromatic N) is 1. The van der Waals surface area contributed by atoms with Crippen molar-refractivity contribution in [3.8, 4) is 17.2 Å². The molecule has 158 valence electrons. The molecule has 5 rings (SSSR count). The summed E-state index contributed by atoms with van der Waals surface area (Å²) >= 11 is 0. The van der Waals surface area contributed by atoms with Crippen molar-refractivity contribution < 1.29 is 24.1 Å². The molecule has 2 aromatic carbocycles. The van der Waals surface area contributed by atoms with Crippen molar-refractivity contribution in [2.75, 3.05) is 26.8 Å². The first-order valence-electron chi connectivity index (χ1n) is 10.7. The van der Waals surface area contributed by atoms with Crippen LogP contribution in [0.2, 0.25) is 0 Å². The number of benzene rings is 2. The topological polar surface area (TPSA) is 68.2 Å². The third-order valence-corrected chi connectivity index (χ3v) is 6.87. The van der Waals surface area contributed by atoms with Crippen LogP contribution in [0.4, 0.5) is 0 Å². The second-order valence-electron chi connectivity index (χ2n) is 8.39. The highest BCUT2D eigenvalue weighted by Gasteiger charge is 2.53. The molecule has 30 heavy (non-hydrogen) atoms. The number of likely N-dealkylation sites (tertiary alicyclic amines) is 1. The monoisotopic (exact) mass is 409 g/mol. The summed E-state index contributed by atoms with van der Waals surface area (Å²) in [6.07, 6.45) is 3.40. The van der Waals surface area contributed by atoms with Gasteiger partial charge in [0, 0.05) is 44.0 Å². The van der Waals surface area contributed by atoms with Crippen molar-refractivity contribution in [1.29, 1.82) is 0 Å². The number of hydrogen-bond donors (Lipinski definition) is 1. The number of para-hydroxylation sites is 2. The van der Waals surface area contributed by atoms with Gasteiger partial charge in [0.05, 0.1) is 18.8 Å². The Morgan fingerprint density at radius 3 is 2.77 bits per heavy atom. The molecule has 0 bridgehead atoms. The van der Waals surface area contributed by atoms with Crippen LogP contribution in [-0.2, 0) is 4.74 Å². The number of ether oxygens (including phenoxy) is 3. The maximum absolute atomic E-state index is 13.1. The van der Waals surface area contributed by atoms with E-state index < -0.39 is 5.60 Å². The minimum atomic E-state index is -0.422. The van der Waals surface area contributed by atoms with Gasteiger partial charge in [-0.2, -0.15) is 0 Å². The first-order valence-corrected chi connectivity index (χ1v) is 10.7. The van der Waals surface area contributed by atoms with Crippen molar-refractivity contribution in [3.05, 3.63) is 53.6 Å². The molecular formula is C24H27NO5. The lowest BCUT2D eigenvalue weighted by molar-refractivity contribution is -0.147. The van der Waals surface area contributed by atoms with Crippen molar-refractivity contribution in [2.45, 2.75) is 37.4 Å². The summed E-state index contributed by atoms with van der Waals surface area (Å²) in [6.45, 7) is 1.93. The number of hydrogen-bond acceptors (Lipinski definition) is 5. The second-order valence-corrected chi connectivity index (χ2v) is 8.39. The van der Waals surface area contributed by atoms with Crippen LogP contribution in [0, 0.1) is 5.92 Å². The van der Waals surface area contributed by atoms with Gasteiger partial charge in [-0.05, 0) is 31.0 Å². The summed E-state index contributed by atoms with van der Waals surface area (Å²) in [6, 6.07) is 12.8. The fourth-order valence-corrected chi connectivity index (χ4v) is 5.34. The number of phenols is 1. The fraction of sp³-hybridized carbons (Fsp3) is 0.458. The quantitative estimate of drug-likeness (QED) is 0.814. The Hall–Kier alpha value is -2.73. The molecule has 3 aliphatic heterocycles. The Bertz CT molecular complexity index is 950. The van der Waals surface area contributed by atoms with E-state index >= 15 is 0 Å². The molecule has 2 aromatic rings. The smallest absolute Gasteiger partial charge is 0.257 e. The molecule has 0 radical (unpaired) electrons. The average molecular weight is 409 g/mol. The van der Waals surface area contributed by atoms with Crippen molar-refractivity contribution in [3.63, 3.8) is 0 Å². The number of carbonyl (C=O) groups is 1. The van der Waals surface area contributed by atoms with E-state index in [4.69, 9.17) is 14.2 Å². The lowest BCUT2D eigenvalue weighted by Gasteiger charge is -2.53. The van der Waals surface area contributed by atoms with Gasteiger partial charge < -0.3 is 24.2 Å². The molecule has 0 saturated carbocycles. The predicted octanol–water partition coefficient (Wildman–Crippen LogP) is 3.94. The van der Waals surface area contributed by atoms with Crippen LogP contribution in [0.15, 0.2) is 42.5 Å². The van der Waals surface area contributed by atoms with E-state index in [0.29, 0.717) is 43.0 Å². The maximum Gasteiger partial charge on any atom is 0.257 e. The van der Waals surface area contributed by atoms with Gasteiger partial charge in [-0.15, -0.1) is 0 Å². The first-order chi connectivity index (χ1) is 14.6. The Morgan fingerprint density at radius 2 is 1.97 bits per heavy atom. The molecule has 2 atom stereocenters. The summed E-state index contributed by atoms with van der Waals surface area (Å²) in [5, 5.41) is 10.4. The van der Waals surface area contributed by atoms with E-state index in [1.54, 1.807) is 13.2 Å². The number of piperidine rings is 1. The number of methoxy groups -OCH3 is 1. The third kappa shape index (κ3) is 3.01. The largest absolute Gasteiger partial charge is 0.504 e. The van der Waals surface area contributed by atoms with E-state index in [0.717, 1.165) is 25.0 Å². The van der Waals surface area contributed by atoms with Crippen molar-refractivity contribution in [2.24, 2.45) is 5.92 Å². The van der Waals surface area contributed by atoms with Gasteiger partial charge in [-0.1, -0.05) is 24.3 Å². The molecule has 1 amide bonds. The van der Waals surface area contributed by atoms with Crippen LogP contribution in [-0.4, -0.2) is 48.3 Å². The normalized spacial score (nSPS) is 24.5. The van der Waals surface area contributed by atoms with E-state index in [9.17, 15) is 9.90 Å². The van der Waals surface area contributed by atoms with Gasteiger partial charge in [-0.25, -0.2) is 0 Å². The first kappa shape index (κ1) is 19.2. The molecule has 2 fully saturated rings. The van der Waals surface area contributed by atoms with Gasteiger partial charge in [-0.3, -0.25) is 4.79 Å². The summed E-state index contributed by atoms with van der Waals surface area (Å²) in [4.78, 5) is 15.0. The van der Waals surface area contributed by atoms with Crippen LogP contribution in [0.25, 0.3) is 0 Å². The molecule has 6 heteroatoms. The average Bonchev–Trinajstić information content (AvgIpc) is 2.80. The summed E-state index contributed by atoms with van der Waals surface area (Å²) in [5.74, 6) is 1.51. The van der Waals surface area contributed by atoms with Crippen LogP contribution in [0.1, 0.15) is 47.7 Å². The van der Waals surface area contributed by atoms with E-state index in [2.05, 4.69) is 0 Å². The zero-order valence-electron chi connectivity index (χ0n) is 17.2.